The summed E-state index contributed by atoms with van der Waals surface area (Å²) in [6, 6.07) is 0. The molecular formula is C7H11N2O4S. The smallest absolute Gasteiger partial charge is 0.239 e. The molecule has 2 amide bonds. The van der Waals surface area contributed by atoms with Crippen molar-refractivity contribution >= 4 is 21.7 Å². The summed E-state index contributed by atoms with van der Waals surface area (Å²) in [6.45, 7) is 1.12. The molecule has 0 bridgehead atoms. The van der Waals surface area contributed by atoms with Crippen molar-refractivity contribution in [3.8, 4) is 0 Å². The largest absolute Gasteiger partial charge is 0.369 e. The predicted octanol–water partition coefficient (Wildman–Crippen LogP) is -1.89. The Kier molecular flexibility index (Phi) is 2.31. The zero-order valence-electron chi connectivity index (χ0n) is 7.61. The topological polar surface area (TPSA) is 120 Å². The molecule has 6 nitrogen and oxygen atoms in total. The summed E-state index contributed by atoms with van der Waals surface area (Å²) in [4.78, 5) is 22.0. The third-order valence-electron chi connectivity index (χ3n) is 2.59. The van der Waals surface area contributed by atoms with Crippen LogP contribution in [0.3, 0.4) is 0 Å². The average molecular weight is 219 g/mol. The second-order valence-corrected chi connectivity index (χ2v) is 5.76. The predicted molar refractivity (Wildman–Crippen MR) is 48.4 cm³/mol. The minimum Gasteiger partial charge on any atom is -0.369 e. The fourth-order valence-electron chi connectivity index (χ4n) is 1.53. The zero-order valence-corrected chi connectivity index (χ0v) is 8.43. The van der Waals surface area contributed by atoms with Gasteiger partial charge in [-0.2, -0.15) is 0 Å². The van der Waals surface area contributed by atoms with Crippen LogP contribution in [-0.4, -0.2) is 30.7 Å². The first-order valence-corrected chi connectivity index (χ1v) is 5.57. The molecule has 1 radical (unpaired) electrons. The van der Waals surface area contributed by atoms with Gasteiger partial charge in [0.05, 0.1) is 11.7 Å². The van der Waals surface area contributed by atoms with Crippen LogP contribution >= 0.6 is 0 Å². The lowest BCUT2D eigenvalue weighted by molar-refractivity contribution is -0.123. The van der Waals surface area contributed by atoms with E-state index in [-0.39, 0.29) is 18.1 Å². The highest BCUT2D eigenvalue weighted by molar-refractivity contribution is 7.94. The Balaban J connectivity index is 3.31. The van der Waals surface area contributed by atoms with Crippen LogP contribution in [0.15, 0.2) is 0 Å². The quantitative estimate of drug-likeness (QED) is 0.564. The van der Waals surface area contributed by atoms with E-state index < -0.39 is 26.4 Å². The third-order valence-corrected chi connectivity index (χ3v) is 5.02. The number of hydrogen-bond donors (Lipinski definition) is 2. The van der Waals surface area contributed by atoms with Gasteiger partial charge in [0, 0.05) is 0 Å². The van der Waals surface area contributed by atoms with E-state index in [1.54, 1.807) is 0 Å². The van der Waals surface area contributed by atoms with Crippen molar-refractivity contribution in [1.29, 1.82) is 0 Å². The molecule has 1 fully saturated rings. The van der Waals surface area contributed by atoms with Gasteiger partial charge in [0.2, 0.25) is 11.8 Å². The fraction of sp³-hybridized carbons (Fsp3) is 0.571. The Labute approximate surface area is 81.6 Å². The van der Waals surface area contributed by atoms with Crippen LogP contribution in [0.25, 0.3) is 0 Å². The first kappa shape index (κ1) is 11.0. The number of carbonyl (C=O) groups excluding carboxylic acids is 2. The van der Waals surface area contributed by atoms with Crippen molar-refractivity contribution in [2.75, 3.05) is 5.75 Å². The lowest BCUT2D eigenvalue weighted by Gasteiger charge is -2.23. The molecule has 0 spiro atoms. The maximum atomic E-state index is 11.5. The standard InChI is InChI=1S/C7H11N2O4S/c1-7(6(9)11)4(5(8)10)2-3-14(7,12)13/h2-3H2,1H3,(H2,8,10)(H2,9,11). The van der Waals surface area contributed by atoms with E-state index in [2.05, 4.69) is 0 Å². The second-order valence-electron chi connectivity index (χ2n) is 3.31. The van der Waals surface area contributed by atoms with Crippen molar-refractivity contribution in [3.05, 3.63) is 5.92 Å². The first-order valence-electron chi connectivity index (χ1n) is 3.92. The Morgan fingerprint density at radius 1 is 1.36 bits per heavy atom. The highest BCUT2D eigenvalue weighted by atomic mass is 32.2. The molecule has 79 valence electrons. The summed E-state index contributed by atoms with van der Waals surface area (Å²) in [5.74, 6) is -2.31. The van der Waals surface area contributed by atoms with Crippen LogP contribution in [-0.2, 0) is 19.4 Å². The molecule has 7 heteroatoms. The molecule has 1 saturated heterocycles. The van der Waals surface area contributed by atoms with Gasteiger partial charge in [-0.1, -0.05) is 0 Å². The van der Waals surface area contributed by atoms with Gasteiger partial charge in [0.15, 0.2) is 14.6 Å². The van der Waals surface area contributed by atoms with Crippen LogP contribution in [0.2, 0.25) is 0 Å². The number of carbonyl (C=O) groups is 2. The van der Waals surface area contributed by atoms with Crippen LogP contribution in [0.1, 0.15) is 13.3 Å². The summed E-state index contributed by atoms with van der Waals surface area (Å²) >= 11 is 0. The van der Waals surface area contributed by atoms with Crippen molar-refractivity contribution in [2.24, 2.45) is 11.5 Å². The molecule has 4 N–H and O–H groups in total. The monoisotopic (exact) mass is 219 g/mol. The van der Waals surface area contributed by atoms with Crippen LogP contribution in [0, 0.1) is 5.92 Å². The van der Waals surface area contributed by atoms with Crippen molar-refractivity contribution in [1.82, 2.24) is 0 Å². The maximum Gasteiger partial charge on any atom is 0.239 e. The Hall–Kier alpha value is -1.11. The number of primary amides is 2. The molecule has 1 atom stereocenters. The average Bonchev–Trinajstić information content (AvgIpc) is 2.24. The van der Waals surface area contributed by atoms with Crippen LogP contribution in [0.4, 0.5) is 0 Å². The zero-order chi connectivity index (χ0) is 11.1. The molecule has 0 aromatic heterocycles. The van der Waals surface area contributed by atoms with Crippen LogP contribution < -0.4 is 11.5 Å². The second kappa shape index (κ2) is 2.94. The minimum atomic E-state index is -3.69. The minimum absolute atomic E-state index is 0.0168. The molecule has 1 heterocycles. The van der Waals surface area contributed by atoms with E-state index >= 15 is 0 Å². The number of rotatable bonds is 2. The molecule has 0 aromatic rings. The highest BCUT2D eigenvalue weighted by Gasteiger charge is 2.58. The van der Waals surface area contributed by atoms with Gasteiger partial charge in [-0.15, -0.1) is 0 Å². The third kappa shape index (κ3) is 1.19. The van der Waals surface area contributed by atoms with E-state index in [9.17, 15) is 18.0 Å². The van der Waals surface area contributed by atoms with Gasteiger partial charge < -0.3 is 11.5 Å². The van der Waals surface area contributed by atoms with Crippen molar-refractivity contribution in [3.63, 3.8) is 0 Å². The molecule has 0 saturated carbocycles. The number of nitrogens with two attached hydrogens (primary N) is 2. The van der Waals surface area contributed by atoms with E-state index in [4.69, 9.17) is 11.5 Å². The Bertz CT molecular complexity index is 388. The van der Waals surface area contributed by atoms with Crippen molar-refractivity contribution in [2.45, 2.75) is 18.1 Å². The summed E-state index contributed by atoms with van der Waals surface area (Å²) in [7, 11) is -3.69. The molecule has 0 aliphatic carbocycles. The van der Waals surface area contributed by atoms with Gasteiger partial charge in [0.1, 0.15) is 0 Å². The molecule has 1 rings (SSSR count). The SMILES string of the molecule is CC1(C(N)=O)[C](C(N)=O)CCS1(=O)=O. The van der Waals surface area contributed by atoms with Gasteiger partial charge in [-0.05, 0) is 13.3 Å². The fourth-order valence-corrected chi connectivity index (χ4v) is 3.29. The molecule has 1 unspecified atom stereocenters. The number of amides is 2. The highest BCUT2D eigenvalue weighted by Crippen LogP contribution is 2.38. The van der Waals surface area contributed by atoms with Gasteiger partial charge in [-0.25, -0.2) is 8.42 Å². The maximum absolute atomic E-state index is 11.5. The molecule has 1 aliphatic heterocycles. The van der Waals surface area contributed by atoms with Crippen molar-refractivity contribution < 1.29 is 18.0 Å². The summed E-state index contributed by atoms with van der Waals surface area (Å²) in [5.41, 5.74) is 9.97. The molecule has 1 aliphatic rings. The normalized spacial score (nSPS) is 31.5. The number of hydrogen-bond acceptors (Lipinski definition) is 4. The Morgan fingerprint density at radius 2 is 1.86 bits per heavy atom. The lowest BCUT2D eigenvalue weighted by atomic mass is 9.90. The first-order chi connectivity index (χ1) is 6.23. The summed E-state index contributed by atoms with van der Waals surface area (Å²) in [6.07, 6.45) is -0.0168. The van der Waals surface area contributed by atoms with E-state index in [0.717, 1.165) is 6.92 Å². The summed E-state index contributed by atoms with van der Waals surface area (Å²) in [5, 5.41) is 0. The molecular weight excluding hydrogens is 208 g/mol. The Morgan fingerprint density at radius 3 is 2.14 bits per heavy atom. The van der Waals surface area contributed by atoms with Gasteiger partial charge >= 0.3 is 0 Å². The van der Waals surface area contributed by atoms with E-state index in [1.807, 2.05) is 0 Å². The molecule has 0 aromatic carbocycles. The molecule has 14 heavy (non-hydrogen) atoms. The lowest BCUT2D eigenvalue weighted by Crippen LogP contribution is -2.52. The summed E-state index contributed by atoms with van der Waals surface area (Å²) < 4.78 is 21.1. The van der Waals surface area contributed by atoms with E-state index in [1.165, 1.54) is 0 Å². The van der Waals surface area contributed by atoms with E-state index in [0.29, 0.717) is 0 Å². The van der Waals surface area contributed by atoms with Crippen LogP contribution in [0.5, 0.6) is 0 Å². The number of sulfone groups is 1. The van der Waals surface area contributed by atoms with Gasteiger partial charge in [0.25, 0.3) is 0 Å². The van der Waals surface area contributed by atoms with Gasteiger partial charge in [-0.3, -0.25) is 9.59 Å².